The van der Waals surface area contributed by atoms with Crippen molar-refractivity contribution in [2.24, 2.45) is 10.3 Å². The molecule has 408 valence electrons. The van der Waals surface area contributed by atoms with Crippen LogP contribution >= 0.6 is 127 Å². The number of methoxy groups -OCH3 is 2. The number of hydrogen-bond donors (Lipinski definition) is 8. The minimum absolute atomic E-state index is 0.00773. The maximum absolute atomic E-state index is 13.6. The van der Waals surface area contributed by atoms with E-state index in [4.69, 9.17) is 28.6 Å². The molecule has 6 unspecified atom stereocenters. The molecule has 8 N–H and O–H groups in total. The molecule has 2 aliphatic heterocycles. The maximum atomic E-state index is 13.6. The Hall–Kier alpha value is -2.95. The van der Waals surface area contributed by atoms with Crippen LogP contribution in [0.1, 0.15) is 36.8 Å². The molecule has 4 aliphatic rings. The van der Waals surface area contributed by atoms with Crippen molar-refractivity contribution in [2.45, 2.75) is 74.0 Å². The van der Waals surface area contributed by atoms with Crippen LogP contribution in [0.4, 0.5) is 0 Å². The van der Waals surface area contributed by atoms with Crippen molar-refractivity contribution < 1.29 is 76.1 Å². The molecule has 3 amide bonds. The highest BCUT2D eigenvalue weighted by atomic mass is 79.9. The fourth-order valence-corrected chi connectivity index (χ4v) is 14.9. The molecule has 0 bridgehead atoms. The van der Waals surface area contributed by atoms with Crippen LogP contribution in [0.5, 0.6) is 11.5 Å². The summed E-state index contributed by atoms with van der Waals surface area (Å²) in [7, 11) is -2.08. The Bertz CT molecular complexity index is 2880. The Morgan fingerprint density at radius 1 is 0.693 bits per heavy atom. The summed E-state index contributed by atoms with van der Waals surface area (Å²) in [6, 6.07) is 3.03. The van der Waals surface area contributed by atoms with Gasteiger partial charge in [0.2, 0.25) is 5.91 Å². The van der Waals surface area contributed by atoms with Crippen LogP contribution in [0, 0.1) is 0 Å². The monoisotopic (exact) mass is 1580 g/mol. The molecule has 0 saturated carbocycles. The van der Waals surface area contributed by atoms with Crippen molar-refractivity contribution in [3.05, 3.63) is 94.9 Å². The van der Waals surface area contributed by atoms with E-state index in [1.165, 1.54) is 14.2 Å². The quantitative estimate of drug-likeness (QED) is 0.0437. The van der Waals surface area contributed by atoms with Gasteiger partial charge in [0, 0.05) is 32.4 Å². The summed E-state index contributed by atoms with van der Waals surface area (Å²) >= 11 is 27.2. The van der Waals surface area contributed by atoms with Gasteiger partial charge < -0.3 is 59.9 Å². The van der Waals surface area contributed by atoms with Crippen molar-refractivity contribution >= 4 is 173 Å². The number of allylic oxidation sites excluding steroid dienone is 2. The molecule has 2 spiro atoms. The van der Waals surface area contributed by atoms with E-state index in [1.54, 1.807) is 36.4 Å². The van der Waals surface area contributed by atoms with E-state index < -0.39 is 69.5 Å². The number of aliphatic hydroxyl groups excluding tert-OH is 2. The fourth-order valence-electron chi connectivity index (χ4n) is 7.79. The average molecular weight is 1580 g/mol. The lowest BCUT2D eigenvalue weighted by Gasteiger charge is -2.33. The summed E-state index contributed by atoms with van der Waals surface area (Å²) in [6.07, 6.45) is 0.899. The normalized spacial score (nSPS) is 22.0. The molecule has 2 aromatic rings. The molecule has 0 aromatic heterocycles. The number of carboxylic acid groups (broad SMARTS) is 1. The SMILES string of the molecule is COC1=C(Br)C(O)C2(C=C1Br)CC(C(=O)NCCCOc1c(Br)cc(CC(NC(=O)C(Cc3cc(Br)c(OCCCNC(=O)C4=NOC5(C=C(Br)C(OC)=C(Br)C5O)C4)c(Br)c3)NS(=O)(=O)O)C(=O)O)cc1Br)=NO2. The summed E-state index contributed by atoms with van der Waals surface area (Å²) in [5.74, 6) is -2.00. The molecular weight excluding hydrogens is 1540 g/mol. The number of oxime groups is 2. The maximum Gasteiger partial charge on any atom is 0.334 e. The first kappa shape index (κ1) is 61.3. The van der Waals surface area contributed by atoms with E-state index in [0.29, 0.717) is 82.8 Å². The number of aliphatic carboxylic acids is 1. The van der Waals surface area contributed by atoms with Crippen molar-refractivity contribution in [2.75, 3.05) is 40.5 Å². The first-order chi connectivity index (χ1) is 35.3. The molecule has 6 atom stereocenters. The number of carbonyl (C=O) groups excluding carboxylic acids is 3. The van der Waals surface area contributed by atoms with Crippen LogP contribution in [0.2, 0.25) is 0 Å². The third-order valence-electron chi connectivity index (χ3n) is 11.4. The third kappa shape index (κ3) is 15.0. The first-order valence-corrected chi connectivity index (χ1v) is 29.7. The second-order valence-electron chi connectivity index (χ2n) is 16.7. The Morgan fingerprint density at radius 2 is 1.08 bits per heavy atom. The number of nitrogens with zero attached hydrogens (tertiary/aromatic N) is 2. The first-order valence-electron chi connectivity index (χ1n) is 21.9. The third-order valence-corrected chi connectivity index (χ3v) is 17.1. The largest absolute Gasteiger partial charge is 0.495 e. The molecule has 0 saturated heterocycles. The lowest BCUT2D eigenvalue weighted by Crippen LogP contribution is -2.52. The molecule has 31 heteroatoms. The van der Waals surface area contributed by atoms with Gasteiger partial charge in [0.1, 0.15) is 58.7 Å². The van der Waals surface area contributed by atoms with Crippen molar-refractivity contribution in [3.8, 4) is 11.5 Å². The molecule has 2 heterocycles. The van der Waals surface area contributed by atoms with Gasteiger partial charge in [0.05, 0.1) is 63.3 Å². The lowest BCUT2D eigenvalue weighted by molar-refractivity contribution is -0.142. The van der Waals surface area contributed by atoms with Gasteiger partial charge in [-0.2, -0.15) is 13.1 Å². The highest BCUT2D eigenvalue weighted by Crippen LogP contribution is 2.46. The summed E-state index contributed by atoms with van der Waals surface area (Å²) in [6.45, 7) is 0.644. The van der Waals surface area contributed by atoms with Gasteiger partial charge >= 0.3 is 16.3 Å². The van der Waals surface area contributed by atoms with Crippen molar-refractivity contribution in [1.82, 2.24) is 20.7 Å². The van der Waals surface area contributed by atoms with Crippen LogP contribution in [0.25, 0.3) is 0 Å². The molecule has 22 nitrogen and oxygen atoms in total. The van der Waals surface area contributed by atoms with Gasteiger partial charge in [-0.15, -0.1) is 0 Å². The van der Waals surface area contributed by atoms with Gasteiger partial charge in [-0.05, 0) is 194 Å². The summed E-state index contributed by atoms with van der Waals surface area (Å²) in [5.41, 5.74) is -1.67. The van der Waals surface area contributed by atoms with Gasteiger partial charge in [-0.25, -0.2) is 4.79 Å². The van der Waals surface area contributed by atoms with Gasteiger partial charge in [-0.3, -0.25) is 18.9 Å². The van der Waals surface area contributed by atoms with E-state index >= 15 is 0 Å². The second-order valence-corrected chi connectivity index (χ2v) is 24.7. The molecule has 2 aromatic carbocycles. The standard InChI is InChI=1S/C44H44Br8N6O16S/c1-69-35-25(49)15-43(37(59)31(35)51)17-29(56-73-43)39(61)53-5-3-7-71-33-21(45)9-19(10-22(33)46)13-27(58-75(66,67)68)41(63)55-28(42(64)65)14-20-11-23(47)34(24(48)12-20)72-8-4-6-54-40(62)30-18-44(74-57-30)16-26(50)36(70-2)32(52)38(44)60/h9-12,15-16,27-28,37-38,58-60H,3-8,13-14,17-18H2,1-2H3,(H,53,61)(H,54,62)(H,55,63)(H,64,65)(H,66,67,68). The van der Waals surface area contributed by atoms with Gasteiger partial charge in [0.25, 0.3) is 11.8 Å². The smallest absolute Gasteiger partial charge is 0.334 e. The molecule has 75 heavy (non-hydrogen) atoms. The number of aliphatic hydroxyl groups is 2. The lowest BCUT2D eigenvalue weighted by atomic mass is 9.87. The topological polar surface area (TPSA) is 312 Å². The van der Waals surface area contributed by atoms with Crippen molar-refractivity contribution in [1.29, 1.82) is 0 Å². The number of carbonyl (C=O) groups is 4. The van der Waals surface area contributed by atoms with Crippen LogP contribution < -0.4 is 30.1 Å². The van der Waals surface area contributed by atoms with Crippen LogP contribution in [-0.2, 0) is 61.5 Å². The van der Waals surface area contributed by atoms with E-state index in [9.17, 15) is 47.5 Å². The van der Waals surface area contributed by atoms with E-state index in [1.807, 2.05) is 4.72 Å². The van der Waals surface area contributed by atoms with Crippen LogP contribution in [0.3, 0.4) is 0 Å². The molecule has 6 rings (SSSR count). The summed E-state index contributed by atoms with van der Waals surface area (Å²) in [4.78, 5) is 63.0. The predicted molar refractivity (Wildman–Crippen MR) is 299 cm³/mol. The average Bonchev–Trinajstić information content (AvgIpc) is 3.96. The number of hydrogen-bond acceptors (Lipinski definition) is 16. The molecular formula is C44H44Br8N6O16S. The van der Waals surface area contributed by atoms with Crippen LogP contribution in [-0.4, -0.2) is 139 Å². The number of rotatable bonds is 23. The number of benzene rings is 2. The van der Waals surface area contributed by atoms with Crippen LogP contribution in [0.15, 0.2) is 94.1 Å². The van der Waals surface area contributed by atoms with Gasteiger partial charge in [-0.1, -0.05) is 10.3 Å². The zero-order valence-electron chi connectivity index (χ0n) is 38.9. The minimum atomic E-state index is -4.98. The summed E-state index contributed by atoms with van der Waals surface area (Å²) < 4.78 is 61.5. The molecule has 0 fully saturated rings. The Morgan fingerprint density at radius 3 is 1.44 bits per heavy atom. The number of halogens is 8. The highest BCUT2D eigenvalue weighted by molar-refractivity contribution is 9.13. The highest BCUT2D eigenvalue weighted by Gasteiger charge is 2.52. The Kier molecular flexibility index (Phi) is 21.5. The number of carboxylic acids is 1. The fraction of sp³-hybridized carbons (Fsp3) is 0.409. The zero-order valence-corrected chi connectivity index (χ0v) is 52.4. The van der Waals surface area contributed by atoms with E-state index in [-0.39, 0.29) is 63.4 Å². The Labute approximate surface area is 496 Å². The zero-order chi connectivity index (χ0) is 55.2. The number of ether oxygens (including phenoxy) is 4. The van der Waals surface area contributed by atoms with E-state index in [2.05, 4.69) is 154 Å². The van der Waals surface area contributed by atoms with Gasteiger partial charge in [0.15, 0.2) is 11.2 Å². The number of amides is 3. The molecule has 0 radical (unpaired) electrons. The number of nitrogens with one attached hydrogen (secondary N) is 4. The predicted octanol–water partition coefficient (Wildman–Crippen LogP) is 6.47. The second kappa shape index (κ2) is 26.3. The minimum Gasteiger partial charge on any atom is -0.495 e. The molecule has 2 aliphatic carbocycles. The van der Waals surface area contributed by atoms with Crippen molar-refractivity contribution in [3.63, 3.8) is 0 Å². The van der Waals surface area contributed by atoms with E-state index in [0.717, 1.165) is 0 Å². The Balaban J connectivity index is 0.969. The summed E-state index contributed by atoms with van der Waals surface area (Å²) in [5, 5.41) is 47.6.